The van der Waals surface area contributed by atoms with Crippen molar-refractivity contribution >= 4 is 16.7 Å². The molecule has 5 saturated carbocycles. The summed E-state index contributed by atoms with van der Waals surface area (Å²) in [4.78, 5) is 18.2. The average molecular weight is 462 g/mol. The monoisotopic (exact) mass is 461 g/mol. The van der Waals surface area contributed by atoms with E-state index in [1.54, 1.807) is 6.20 Å². The Morgan fingerprint density at radius 1 is 1.09 bits per heavy atom. The van der Waals surface area contributed by atoms with Crippen molar-refractivity contribution in [1.82, 2.24) is 14.8 Å². The second-order valence-corrected chi connectivity index (χ2v) is 13.3. The van der Waals surface area contributed by atoms with E-state index in [1.165, 1.54) is 32.1 Å². The fraction of sp³-hybridized carbons (Fsp3) is 0.759. The zero-order valence-corrected chi connectivity index (χ0v) is 20.9. The third kappa shape index (κ3) is 2.91. The number of aromatic nitrogens is 3. The third-order valence-corrected chi connectivity index (χ3v) is 11.7. The number of Topliss-reactive ketones (excluding diaryl/α,β-unsaturated/α-hetero) is 1. The van der Waals surface area contributed by atoms with Crippen molar-refractivity contribution in [2.45, 2.75) is 77.9 Å². The van der Waals surface area contributed by atoms with E-state index in [0.29, 0.717) is 36.0 Å². The highest BCUT2D eigenvalue weighted by Crippen LogP contribution is 2.77. The maximum Gasteiger partial charge on any atom is 0.158 e. The van der Waals surface area contributed by atoms with Gasteiger partial charge in [-0.15, -0.1) is 0 Å². The first-order chi connectivity index (χ1) is 16.3. The molecule has 1 N–H and O–H groups in total. The fourth-order valence-corrected chi connectivity index (χ4v) is 10.4. The van der Waals surface area contributed by atoms with Gasteiger partial charge in [-0.2, -0.15) is 5.10 Å². The summed E-state index contributed by atoms with van der Waals surface area (Å²) in [6.07, 6.45) is 13.7. The van der Waals surface area contributed by atoms with Crippen molar-refractivity contribution in [2.75, 3.05) is 0 Å². The van der Waals surface area contributed by atoms with Gasteiger partial charge in [0.25, 0.3) is 0 Å². The van der Waals surface area contributed by atoms with Crippen molar-refractivity contribution in [3.05, 3.63) is 24.7 Å². The molecule has 0 amide bonds. The third-order valence-electron chi connectivity index (χ3n) is 11.7. The Kier molecular flexibility index (Phi) is 4.53. The molecule has 11 atom stereocenters. The number of nitrogens with zero attached hydrogens (tertiary/aromatic N) is 3. The molecule has 2 aromatic heterocycles. The highest BCUT2D eigenvalue weighted by molar-refractivity contribution is 5.85. The van der Waals surface area contributed by atoms with Gasteiger partial charge in [0.1, 0.15) is 6.54 Å². The second-order valence-electron chi connectivity index (χ2n) is 13.3. The Labute approximate surface area is 202 Å². The first kappa shape index (κ1) is 21.5. The van der Waals surface area contributed by atoms with Gasteiger partial charge in [-0.3, -0.25) is 14.5 Å². The molecule has 0 saturated heterocycles. The van der Waals surface area contributed by atoms with E-state index in [2.05, 4.69) is 30.9 Å². The van der Waals surface area contributed by atoms with Crippen LogP contribution in [0, 0.1) is 58.7 Å². The van der Waals surface area contributed by atoms with Gasteiger partial charge in [-0.25, -0.2) is 0 Å². The minimum absolute atomic E-state index is 0.147. The number of aliphatic hydroxyl groups is 1. The maximum absolute atomic E-state index is 13.9. The highest BCUT2D eigenvalue weighted by Gasteiger charge is 2.73. The van der Waals surface area contributed by atoms with Crippen LogP contribution in [0.1, 0.15) is 65.7 Å². The Morgan fingerprint density at radius 3 is 2.76 bits per heavy atom. The van der Waals surface area contributed by atoms with E-state index < -0.39 is 5.60 Å². The summed E-state index contributed by atoms with van der Waals surface area (Å²) in [6, 6.07) is 1.97. The van der Waals surface area contributed by atoms with Crippen LogP contribution in [0.15, 0.2) is 24.7 Å². The first-order valence-corrected chi connectivity index (χ1v) is 13.8. The summed E-state index contributed by atoms with van der Waals surface area (Å²) in [5.41, 5.74) is 0.657. The molecule has 0 bridgehead atoms. The number of hydrogen-bond donors (Lipinski definition) is 1. The van der Waals surface area contributed by atoms with Crippen LogP contribution in [0.5, 0.6) is 0 Å². The molecular weight excluding hydrogens is 422 g/mol. The van der Waals surface area contributed by atoms with Gasteiger partial charge in [-0.1, -0.05) is 13.8 Å². The van der Waals surface area contributed by atoms with Crippen molar-refractivity contribution < 1.29 is 9.90 Å². The zero-order chi connectivity index (χ0) is 23.4. The topological polar surface area (TPSA) is 68.0 Å². The summed E-state index contributed by atoms with van der Waals surface area (Å²) in [5.74, 6) is 6.40. The molecule has 2 aromatic rings. The lowest BCUT2D eigenvalue weighted by molar-refractivity contribution is -0.137. The number of hydrogen-bond acceptors (Lipinski definition) is 4. The molecule has 0 aromatic carbocycles. The quantitative estimate of drug-likeness (QED) is 0.689. The van der Waals surface area contributed by atoms with Crippen LogP contribution in [-0.2, 0) is 11.3 Å². The number of carbonyl (C=O) groups excluding carboxylic acids is 1. The normalized spacial score (nSPS) is 49.1. The molecule has 7 rings (SSSR count). The number of rotatable bonds is 3. The van der Waals surface area contributed by atoms with Gasteiger partial charge in [0.2, 0.25) is 0 Å². The standard InChI is InChI=1S/C29H39N3O2/c1-16-24-25(16)27(23(33)15-32-22-14-30-11-8-18(22)13-31-32)29(3)10-7-20-19-6-9-28(2,34)12-17(19)4-5-21(20)26(24)29/h8,11,13-14,16-17,19-21,24-27,34H,4-7,9-10,12,15H2,1-3H3/t16-,17+,19-,20+,21+,24+,25-,26+,27-,28+,29-/m0/s1. The summed E-state index contributed by atoms with van der Waals surface area (Å²) >= 11 is 0. The number of carbonyl (C=O) groups is 1. The molecule has 0 radical (unpaired) electrons. The smallest absolute Gasteiger partial charge is 0.158 e. The van der Waals surface area contributed by atoms with Gasteiger partial charge in [0.05, 0.1) is 23.5 Å². The van der Waals surface area contributed by atoms with Gasteiger partial charge >= 0.3 is 0 Å². The Hall–Kier alpha value is -1.75. The predicted octanol–water partition coefficient (Wildman–Crippen LogP) is 5.12. The van der Waals surface area contributed by atoms with Crippen molar-refractivity contribution in [2.24, 2.45) is 58.7 Å². The van der Waals surface area contributed by atoms with Gasteiger partial charge < -0.3 is 5.11 Å². The molecule has 5 heteroatoms. The summed E-state index contributed by atoms with van der Waals surface area (Å²) in [5, 5.41) is 16.3. The summed E-state index contributed by atoms with van der Waals surface area (Å²) in [7, 11) is 0. The molecule has 0 spiro atoms. The molecule has 5 fully saturated rings. The van der Waals surface area contributed by atoms with Gasteiger partial charge in [0.15, 0.2) is 5.78 Å². The Balaban J connectivity index is 1.16. The fourth-order valence-electron chi connectivity index (χ4n) is 10.4. The Morgan fingerprint density at radius 2 is 1.91 bits per heavy atom. The van der Waals surface area contributed by atoms with Gasteiger partial charge in [-0.05, 0) is 111 Å². The highest BCUT2D eigenvalue weighted by atomic mass is 16.3. The van der Waals surface area contributed by atoms with Crippen LogP contribution >= 0.6 is 0 Å². The molecule has 34 heavy (non-hydrogen) atoms. The maximum atomic E-state index is 13.9. The zero-order valence-electron chi connectivity index (χ0n) is 20.9. The van der Waals surface area contributed by atoms with Gasteiger partial charge in [0, 0.05) is 17.5 Å². The molecule has 0 unspecified atom stereocenters. The molecule has 0 aliphatic heterocycles. The average Bonchev–Trinajstić information content (AvgIpc) is 3.15. The molecule has 5 aliphatic carbocycles. The predicted molar refractivity (Wildman–Crippen MR) is 131 cm³/mol. The van der Waals surface area contributed by atoms with E-state index in [1.807, 2.05) is 23.1 Å². The number of pyridine rings is 1. The van der Waals surface area contributed by atoms with Crippen molar-refractivity contribution in [3.8, 4) is 0 Å². The molecule has 2 heterocycles. The number of ketones is 1. The largest absolute Gasteiger partial charge is 0.390 e. The van der Waals surface area contributed by atoms with E-state index in [9.17, 15) is 9.90 Å². The SMILES string of the molecule is C[C@H]1[C@@H]2[C@H]1[C@H](C(=O)Cn1ncc3ccncc31)[C@@]1(C)CC[C@H]3[C@@H](CC[C@@H]4C[C@](C)(O)CC[C@@H]43)[C@H]21. The minimum atomic E-state index is -0.454. The van der Waals surface area contributed by atoms with Crippen LogP contribution < -0.4 is 0 Å². The molecule has 182 valence electrons. The summed E-state index contributed by atoms with van der Waals surface area (Å²) in [6.45, 7) is 7.33. The lowest BCUT2D eigenvalue weighted by Gasteiger charge is -2.58. The van der Waals surface area contributed by atoms with Crippen LogP contribution in [-0.4, -0.2) is 31.3 Å². The minimum Gasteiger partial charge on any atom is -0.390 e. The number of fused-ring (bicyclic) bond motifs is 8. The van der Waals surface area contributed by atoms with Crippen molar-refractivity contribution in [3.63, 3.8) is 0 Å². The first-order valence-electron chi connectivity index (χ1n) is 13.8. The lowest BCUT2D eigenvalue weighted by Crippen LogP contribution is -2.52. The van der Waals surface area contributed by atoms with E-state index in [-0.39, 0.29) is 11.3 Å². The van der Waals surface area contributed by atoms with Crippen LogP contribution in [0.4, 0.5) is 0 Å². The second kappa shape index (κ2) is 7.15. The van der Waals surface area contributed by atoms with Crippen LogP contribution in [0.2, 0.25) is 0 Å². The van der Waals surface area contributed by atoms with Crippen LogP contribution in [0.25, 0.3) is 10.9 Å². The summed E-state index contributed by atoms with van der Waals surface area (Å²) < 4.78 is 1.88. The molecular formula is C29H39N3O2. The molecule has 5 nitrogen and oxygen atoms in total. The van der Waals surface area contributed by atoms with Crippen LogP contribution in [0.3, 0.4) is 0 Å². The van der Waals surface area contributed by atoms with E-state index >= 15 is 0 Å². The lowest BCUT2D eigenvalue weighted by atomic mass is 9.47. The van der Waals surface area contributed by atoms with E-state index in [4.69, 9.17) is 0 Å². The van der Waals surface area contributed by atoms with Crippen molar-refractivity contribution in [1.29, 1.82) is 0 Å². The van der Waals surface area contributed by atoms with E-state index in [0.717, 1.165) is 47.4 Å². The Bertz CT molecular complexity index is 1140. The molecule has 5 aliphatic rings.